The number of aliphatic hydroxyl groups is 1. The Morgan fingerprint density at radius 1 is 1.47 bits per heavy atom. The van der Waals surface area contributed by atoms with E-state index in [-0.39, 0.29) is 0 Å². The van der Waals surface area contributed by atoms with Gasteiger partial charge in [0.15, 0.2) is 0 Å². The minimum atomic E-state index is -0.394. The number of fused-ring (bicyclic) bond motifs is 1. The first-order valence-corrected chi connectivity index (χ1v) is 5.43. The quantitative estimate of drug-likeness (QED) is 0.831. The number of nitrogens with zero attached hydrogens (tertiary/aromatic N) is 1. The van der Waals surface area contributed by atoms with Gasteiger partial charge in [-0.15, -0.1) is 0 Å². The average molecular weight is 224 g/mol. The third-order valence-corrected chi connectivity index (χ3v) is 2.96. The Labute approximate surface area is 94.1 Å². The summed E-state index contributed by atoms with van der Waals surface area (Å²) in [6, 6.07) is 5.74. The van der Waals surface area contributed by atoms with Crippen molar-refractivity contribution in [3.63, 3.8) is 0 Å². The molecular weight excluding hydrogens is 210 g/mol. The second kappa shape index (κ2) is 3.87. The molecule has 1 N–H and O–H groups in total. The Balaban J connectivity index is 2.68. The van der Waals surface area contributed by atoms with Crippen LogP contribution >= 0.6 is 11.6 Å². The van der Waals surface area contributed by atoms with Crippen LogP contribution in [-0.4, -0.2) is 9.67 Å². The molecule has 0 fully saturated rings. The molecule has 0 aliphatic heterocycles. The number of hydrogen-bond donors (Lipinski definition) is 1. The first-order valence-electron chi connectivity index (χ1n) is 5.06. The van der Waals surface area contributed by atoms with Gasteiger partial charge < -0.3 is 9.67 Å². The van der Waals surface area contributed by atoms with Crippen molar-refractivity contribution < 1.29 is 5.11 Å². The normalized spacial score (nSPS) is 13.3. The van der Waals surface area contributed by atoms with Crippen LogP contribution in [0.1, 0.15) is 25.0 Å². The van der Waals surface area contributed by atoms with E-state index in [4.69, 9.17) is 11.6 Å². The van der Waals surface area contributed by atoms with Gasteiger partial charge in [-0.3, -0.25) is 0 Å². The molecule has 0 amide bonds. The Bertz CT molecular complexity index is 490. The number of benzene rings is 1. The monoisotopic (exact) mass is 223 g/mol. The van der Waals surface area contributed by atoms with Gasteiger partial charge in [-0.2, -0.15) is 0 Å². The fraction of sp³-hybridized carbons (Fsp3) is 0.333. The zero-order chi connectivity index (χ0) is 11.0. The summed E-state index contributed by atoms with van der Waals surface area (Å²) >= 11 is 5.94. The molecule has 2 aromatic rings. The SMILES string of the molecule is CC[C@H](O)c1cn(C)c2cc(Cl)ccc12. The van der Waals surface area contributed by atoms with Gasteiger partial charge in [-0.1, -0.05) is 24.6 Å². The van der Waals surface area contributed by atoms with Crippen LogP contribution in [0.5, 0.6) is 0 Å². The van der Waals surface area contributed by atoms with Crippen molar-refractivity contribution in [1.29, 1.82) is 0 Å². The second-order valence-electron chi connectivity index (χ2n) is 3.78. The lowest BCUT2D eigenvalue weighted by molar-refractivity contribution is 0.175. The summed E-state index contributed by atoms with van der Waals surface area (Å²) in [7, 11) is 1.96. The highest BCUT2D eigenvalue weighted by Gasteiger charge is 2.12. The van der Waals surface area contributed by atoms with E-state index in [1.54, 1.807) is 0 Å². The van der Waals surface area contributed by atoms with Crippen molar-refractivity contribution in [1.82, 2.24) is 4.57 Å². The summed E-state index contributed by atoms with van der Waals surface area (Å²) in [4.78, 5) is 0. The fourth-order valence-corrected chi connectivity index (χ4v) is 2.04. The minimum Gasteiger partial charge on any atom is -0.388 e. The second-order valence-corrected chi connectivity index (χ2v) is 4.22. The molecule has 15 heavy (non-hydrogen) atoms. The number of aryl methyl sites for hydroxylation is 1. The molecule has 2 rings (SSSR count). The summed E-state index contributed by atoms with van der Waals surface area (Å²) in [5, 5.41) is 11.7. The van der Waals surface area contributed by atoms with Crippen molar-refractivity contribution in [3.05, 3.63) is 35.0 Å². The highest BCUT2D eigenvalue weighted by Crippen LogP contribution is 2.29. The predicted octanol–water partition coefficient (Wildman–Crippen LogP) is 3.28. The third kappa shape index (κ3) is 1.75. The Kier molecular flexibility index (Phi) is 2.72. The Hall–Kier alpha value is -0.990. The van der Waals surface area contributed by atoms with Gasteiger partial charge in [0.1, 0.15) is 0 Å². The molecule has 2 nitrogen and oxygen atoms in total. The largest absolute Gasteiger partial charge is 0.388 e. The zero-order valence-electron chi connectivity index (χ0n) is 8.87. The van der Waals surface area contributed by atoms with Crippen molar-refractivity contribution in [2.75, 3.05) is 0 Å². The summed E-state index contributed by atoms with van der Waals surface area (Å²) < 4.78 is 2.00. The molecule has 1 aromatic heterocycles. The third-order valence-electron chi connectivity index (χ3n) is 2.73. The van der Waals surface area contributed by atoms with E-state index in [0.29, 0.717) is 0 Å². The molecule has 3 heteroatoms. The van der Waals surface area contributed by atoms with Crippen LogP contribution in [0, 0.1) is 0 Å². The number of hydrogen-bond acceptors (Lipinski definition) is 1. The molecule has 1 atom stereocenters. The fourth-order valence-electron chi connectivity index (χ4n) is 1.87. The Morgan fingerprint density at radius 3 is 2.87 bits per heavy atom. The van der Waals surface area contributed by atoms with E-state index in [1.807, 2.05) is 42.9 Å². The maximum absolute atomic E-state index is 9.86. The van der Waals surface area contributed by atoms with Crippen molar-refractivity contribution in [2.45, 2.75) is 19.4 Å². The van der Waals surface area contributed by atoms with Gasteiger partial charge in [0.25, 0.3) is 0 Å². The number of halogens is 1. The molecule has 0 unspecified atom stereocenters. The summed E-state index contributed by atoms with van der Waals surface area (Å²) in [6.45, 7) is 1.97. The van der Waals surface area contributed by atoms with Gasteiger partial charge in [0.05, 0.1) is 6.10 Å². The molecule has 0 radical (unpaired) electrons. The van der Waals surface area contributed by atoms with Crippen molar-refractivity contribution >= 4 is 22.5 Å². The van der Waals surface area contributed by atoms with Crippen LogP contribution in [0.25, 0.3) is 10.9 Å². The van der Waals surface area contributed by atoms with E-state index < -0.39 is 6.10 Å². The molecule has 0 bridgehead atoms. The first kappa shape index (κ1) is 10.5. The topological polar surface area (TPSA) is 25.2 Å². The van der Waals surface area contributed by atoms with Crippen LogP contribution in [0.3, 0.4) is 0 Å². The van der Waals surface area contributed by atoms with Crippen LogP contribution < -0.4 is 0 Å². The van der Waals surface area contributed by atoms with Crippen LogP contribution in [-0.2, 0) is 7.05 Å². The van der Waals surface area contributed by atoms with Crippen LogP contribution in [0.2, 0.25) is 5.02 Å². The lowest BCUT2D eigenvalue weighted by atomic mass is 10.1. The smallest absolute Gasteiger partial charge is 0.0808 e. The number of aromatic nitrogens is 1. The highest BCUT2D eigenvalue weighted by molar-refractivity contribution is 6.31. The van der Waals surface area contributed by atoms with E-state index in [1.165, 1.54) is 0 Å². The molecule has 0 saturated heterocycles. The minimum absolute atomic E-state index is 0.394. The molecule has 0 spiro atoms. The van der Waals surface area contributed by atoms with E-state index in [9.17, 15) is 5.11 Å². The van der Waals surface area contributed by atoms with Gasteiger partial charge >= 0.3 is 0 Å². The van der Waals surface area contributed by atoms with Crippen LogP contribution in [0.4, 0.5) is 0 Å². The summed E-state index contributed by atoms with van der Waals surface area (Å²) in [5.41, 5.74) is 2.04. The highest BCUT2D eigenvalue weighted by atomic mass is 35.5. The van der Waals surface area contributed by atoms with Crippen LogP contribution in [0.15, 0.2) is 24.4 Å². The first-order chi connectivity index (χ1) is 7.13. The predicted molar refractivity (Wildman–Crippen MR) is 63.2 cm³/mol. The molecule has 1 heterocycles. The lowest BCUT2D eigenvalue weighted by Gasteiger charge is -2.05. The van der Waals surface area contributed by atoms with E-state index in [2.05, 4.69) is 0 Å². The summed E-state index contributed by atoms with van der Waals surface area (Å²) in [6.07, 6.45) is 2.30. The Morgan fingerprint density at radius 2 is 2.20 bits per heavy atom. The zero-order valence-corrected chi connectivity index (χ0v) is 9.62. The van der Waals surface area contributed by atoms with Gasteiger partial charge in [0.2, 0.25) is 0 Å². The standard InChI is InChI=1S/C12H14ClNO/c1-3-12(15)10-7-14(2)11-6-8(13)4-5-9(10)11/h4-7,12,15H,3H2,1-2H3/t12-/m0/s1. The lowest BCUT2D eigenvalue weighted by Crippen LogP contribution is -1.93. The molecule has 0 saturated carbocycles. The number of aliphatic hydroxyl groups excluding tert-OH is 1. The van der Waals surface area contributed by atoms with Crippen molar-refractivity contribution in [3.8, 4) is 0 Å². The average Bonchev–Trinajstić information content (AvgIpc) is 2.55. The molecule has 80 valence electrons. The molecular formula is C12H14ClNO. The molecule has 0 aliphatic rings. The molecule has 0 aliphatic carbocycles. The maximum atomic E-state index is 9.86. The van der Waals surface area contributed by atoms with Gasteiger partial charge in [-0.25, -0.2) is 0 Å². The van der Waals surface area contributed by atoms with Gasteiger partial charge in [0, 0.05) is 34.7 Å². The van der Waals surface area contributed by atoms with Crippen molar-refractivity contribution in [2.24, 2.45) is 7.05 Å². The maximum Gasteiger partial charge on any atom is 0.0808 e. The van der Waals surface area contributed by atoms with E-state index >= 15 is 0 Å². The number of rotatable bonds is 2. The van der Waals surface area contributed by atoms with E-state index in [0.717, 1.165) is 27.9 Å². The van der Waals surface area contributed by atoms with Gasteiger partial charge in [-0.05, 0) is 18.6 Å². The molecule has 1 aromatic carbocycles. The summed E-state index contributed by atoms with van der Waals surface area (Å²) in [5.74, 6) is 0.